The molecule has 0 saturated heterocycles. The second-order valence-corrected chi connectivity index (χ2v) is 6.52. The van der Waals surface area contributed by atoms with E-state index in [2.05, 4.69) is 37.3 Å². The van der Waals surface area contributed by atoms with Crippen LogP contribution in [0.5, 0.6) is 0 Å². The maximum atomic E-state index is 4.64. The summed E-state index contributed by atoms with van der Waals surface area (Å²) in [4.78, 5) is 16.9. The van der Waals surface area contributed by atoms with E-state index in [0.29, 0.717) is 12.0 Å². The van der Waals surface area contributed by atoms with Crippen LogP contribution in [-0.2, 0) is 0 Å². The molecule has 4 heterocycles. The van der Waals surface area contributed by atoms with Gasteiger partial charge in [-0.2, -0.15) is 10.1 Å². The minimum absolute atomic E-state index is 0.498. The second-order valence-electron chi connectivity index (χ2n) is 6.52. The fraction of sp³-hybridized carbons (Fsp3) is 0.294. The van der Waals surface area contributed by atoms with Gasteiger partial charge in [0.05, 0.1) is 11.9 Å². The number of anilines is 1. The van der Waals surface area contributed by atoms with Crippen molar-refractivity contribution < 1.29 is 0 Å². The summed E-state index contributed by atoms with van der Waals surface area (Å²) in [7, 11) is 0. The van der Waals surface area contributed by atoms with Gasteiger partial charge in [0.25, 0.3) is 0 Å². The Morgan fingerprint density at radius 1 is 1.25 bits per heavy atom. The molecular weight excluding hydrogens is 302 g/mol. The molecule has 0 unspecified atom stereocenters. The van der Waals surface area contributed by atoms with Gasteiger partial charge in [0.15, 0.2) is 5.65 Å². The third kappa shape index (κ3) is 2.12. The first-order valence-corrected chi connectivity index (χ1v) is 8.18. The highest BCUT2D eigenvalue weighted by Gasteiger charge is 2.25. The largest absolute Gasteiger partial charge is 0.351 e. The van der Waals surface area contributed by atoms with Crippen LogP contribution >= 0.6 is 0 Å². The van der Waals surface area contributed by atoms with Crippen LogP contribution in [0.25, 0.3) is 27.9 Å². The zero-order valence-corrected chi connectivity index (χ0v) is 13.3. The molecule has 1 aliphatic carbocycles. The molecule has 1 fully saturated rings. The van der Waals surface area contributed by atoms with Gasteiger partial charge in [-0.1, -0.05) is 6.92 Å². The van der Waals surface area contributed by atoms with Crippen LogP contribution in [0.2, 0.25) is 0 Å². The minimum Gasteiger partial charge on any atom is -0.351 e. The first kappa shape index (κ1) is 13.5. The molecule has 0 spiro atoms. The van der Waals surface area contributed by atoms with E-state index < -0.39 is 0 Å². The first-order chi connectivity index (χ1) is 11.8. The van der Waals surface area contributed by atoms with Crippen molar-refractivity contribution in [2.24, 2.45) is 5.92 Å². The van der Waals surface area contributed by atoms with Crippen LogP contribution in [0.3, 0.4) is 0 Å². The highest BCUT2D eigenvalue weighted by Crippen LogP contribution is 2.30. The molecule has 0 bridgehead atoms. The first-order valence-electron chi connectivity index (χ1n) is 8.18. The van der Waals surface area contributed by atoms with E-state index >= 15 is 0 Å². The predicted molar refractivity (Wildman–Crippen MR) is 91.7 cm³/mol. The Bertz CT molecular complexity index is 1030. The van der Waals surface area contributed by atoms with Gasteiger partial charge in [-0.25, -0.2) is 14.5 Å². The number of rotatable bonds is 3. The van der Waals surface area contributed by atoms with E-state index in [0.717, 1.165) is 33.9 Å². The highest BCUT2D eigenvalue weighted by molar-refractivity contribution is 5.92. The molecule has 7 heteroatoms. The number of H-pyrrole nitrogens is 1. The van der Waals surface area contributed by atoms with Gasteiger partial charge in [-0.3, -0.25) is 0 Å². The average molecular weight is 319 g/mol. The van der Waals surface area contributed by atoms with E-state index in [9.17, 15) is 0 Å². The number of aromatic nitrogens is 6. The van der Waals surface area contributed by atoms with Crippen molar-refractivity contribution in [3.63, 3.8) is 0 Å². The van der Waals surface area contributed by atoms with Crippen LogP contribution in [0, 0.1) is 5.92 Å². The average Bonchev–Trinajstić information content (AvgIpc) is 3.18. The van der Waals surface area contributed by atoms with Crippen molar-refractivity contribution in [3.05, 3.63) is 36.9 Å². The predicted octanol–water partition coefficient (Wildman–Crippen LogP) is 2.88. The summed E-state index contributed by atoms with van der Waals surface area (Å²) in [5.41, 5.74) is 3.52. The van der Waals surface area contributed by atoms with Crippen molar-refractivity contribution >= 4 is 22.6 Å². The van der Waals surface area contributed by atoms with E-state index in [4.69, 9.17) is 0 Å². The van der Waals surface area contributed by atoms with Gasteiger partial charge < -0.3 is 10.3 Å². The number of nitrogens with zero attached hydrogens (tertiary/aromatic N) is 5. The summed E-state index contributed by atoms with van der Waals surface area (Å²) in [6.07, 6.45) is 9.82. The Kier molecular flexibility index (Phi) is 2.82. The normalized spacial score (nSPS) is 20.4. The Balaban J connectivity index is 1.50. The van der Waals surface area contributed by atoms with Crippen molar-refractivity contribution in [2.45, 2.75) is 25.8 Å². The molecule has 5 rings (SSSR count). The molecule has 0 aliphatic heterocycles. The maximum absolute atomic E-state index is 4.64. The Morgan fingerprint density at radius 2 is 2.17 bits per heavy atom. The molecule has 120 valence electrons. The van der Waals surface area contributed by atoms with Gasteiger partial charge >= 0.3 is 0 Å². The summed E-state index contributed by atoms with van der Waals surface area (Å²) < 4.78 is 1.75. The number of hydrogen-bond donors (Lipinski definition) is 2. The fourth-order valence-corrected chi connectivity index (χ4v) is 3.35. The van der Waals surface area contributed by atoms with Crippen LogP contribution < -0.4 is 5.32 Å². The van der Waals surface area contributed by atoms with Gasteiger partial charge in [0, 0.05) is 41.6 Å². The molecule has 0 atom stereocenters. The van der Waals surface area contributed by atoms with Crippen LogP contribution in [-0.4, -0.2) is 35.6 Å². The number of aromatic amines is 1. The molecule has 4 aromatic heterocycles. The molecule has 1 aliphatic rings. The summed E-state index contributed by atoms with van der Waals surface area (Å²) in [6, 6.07) is 4.33. The Hall–Kier alpha value is -2.96. The fourth-order valence-electron chi connectivity index (χ4n) is 3.35. The van der Waals surface area contributed by atoms with Crippen molar-refractivity contribution in [1.29, 1.82) is 0 Å². The standard InChI is InChI=1S/C17H17N7/c1-10-6-11(7-10)21-17-19-9-13-12(8-18-16(13)23-17)14-3-5-24-15(22-14)2-4-20-24/h2-5,8-11H,6-7H2,1H3,(H2,18,19,21,23). The smallest absolute Gasteiger partial charge is 0.224 e. The number of hydrogen-bond acceptors (Lipinski definition) is 5. The molecule has 1 saturated carbocycles. The monoisotopic (exact) mass is 319 g/mol. The number of nitrogens with one attached hydrogen (secondary N) is 2. The zero-order chi connectivity index (χ0) is 16.1. The molecular formula is C17H17N7. The van der Waals surface area contributed by atoms with Crippen molar-refractivity contribution in [3.8, 4) is 11.3 Å². The van der Waals surface area contributed by atoms with Crippen molar-refractivity contribution in [1.82, 2.24) is 29.5 Å². The summed E-state index contributed by atoms with van der Waals surface area (Å²) >= 11 is 0. The maximum Gasteiger partial charge on any atom is 0.224 e. The quantitative estimate of drug-likeness (QED) is 0.606. The van der Waals surface area contributed by atoms with Gasteiger partial charge in [-0.05, 0) is 24.8 Å². The lowest BCUT2D eigenvalue weighted by molar-refractivity contribution is 0.308. The van der Waals surface area contributed by atoms with Crippen LogP contribution in [0.1, 0.15) is 19.8 Å². The molecule has 24 heavy (non-hydrogen) atoms. The van der Waals surface area contributed by atoms with Crippen LogP contribution in [0.15, 0.2) is 36.9 Å². The number of fused-ring (bicyclic) bond motifs is 2. The zero-order valence-electron chi connectivity index (χ0n) is 13.3. The van der Waals surface area contributed by atoms with E-state index in [1.54, 1.807) is 10.7 Å². The molecule has 0 radical (unpaired) electrons. The summed E-state index contributed by atoms with van der Waals surface area (Å²) in [5, 5.41) is 8.55. The Labute approximate surface area is 138 Å². The second kappa shape index (κ2) is 5.02. The summed E-state index contributed by atoms with van der Waals surface area (Å²) in [5.74, 6) is 1.49. The lowest BCUT2D eigenvalue weighted by Gasteiger charge is -2.33. The van der Waals surface area contributed by atoms with Gasteiger partial charge in [0.2, 0.25) is 5.95 Å². The Morgan fingerprint density at radius 3 is 3.04 bits per heavy atom. The molecule has 7 nitrogen and oxygen atoms in total. The van der Waals surface area contributed by atoms with E-state index in [1.165, 1.54) is 12.8 Å². The lowest BCUT2D eigenvalue weighted by atomic mass is 9.82. The third-order valence-corrected chi connectivity index (χ3v) is 4.67. The van der Waals surface area contributed by atoms with Gasteiger partial charge in [-0.15, -0.1) is 0 Å². The molecule has 0 amide bonds. The molecule has 0 aromatic carbocycles. The van der Waals surface area contributed by atoms with Crippen LogP contribution in [0.4, 0.5) is 5.95 Å². The lowest BCUT2D eigenvalue weighted by Crippen LogP contribution is -2.34. The minimum atomic E-state index is 0.498. The van der Waals surface area contributed by atoms with Crippen molar-refractivity contribution in [2.75, 3.05) is 5.32 Å². The third-order valence-electron chi connectivity index (χ3n) is 4.67. The van der Waals surface area contributed by atoms with E-state index in [1.807, 2.05) is 30.7 Å². The van der Waals surface area contributed by atoms with Gasteiger partial charge in [0.1, 0.15) is 5.65 Å². The molecule has 2 N–H and O–H groups in total. The van der Waals surface area contributed by atoms with E-state index in [-0.39, 0.29) is 0 Å². The highest BCUT2D eigenvalue weighted by atomic mass is 15.2. The summed E-state index contributed by atoms with van der Waals surface area (Å²) in [6.45, 7) is 2.27. The topological polar surface area (TPSA) is 83.8 Å². The molecule has 4 aromatic rings. The SMILES string of the molecule is CC1CC(Nc2ncc3c(-c4ccn5nccc5n4)c[nH]c3n2)C1.